The molecular formula is C13H13FN2O2S. The van der Waals surface area contributed by atoms with Gasteiger partial charge in [0, 0.05) is 11.8 Å². The molecule has 0 amide bonds. The monoisotopic (exact) mass is 280 g/mol. The largest absolute Gasteiger partial charge is 0.481 e. The van der Waals surface area contributed by atoms with E-state index in [1.165, 1.54) is 17.4 Å². The van der Waals surface area contributed by atoms with E-state index in [9.17, 15) is 9.18 Å². The fourth-order valence-electron chi connectivity index (χ4n) is 1.55. The Labute approximate surface area is 113 Å². The van der Waals surface area contributed by atoms with Crippen LogP contribution in [0.5, 0.6) is 0 Å². The van der Waals surface area contributed by atoms with E-state index < -0.39 is 5.97 Å². The molecule has 0 atom stereocenters. The number of halogens is 1. The lowest BCUT2D eigenvalue weighted by molar-refractivity contribution is -0.136. The Hall–Kier alpha value is -1.95. The third kappa shape index (κ3) is 3.75. The molecular weight excluding hydrogens is 267 g/mol. The number of carbonyl (C=O) groups is 1. The Morgan fingerprint density at radius 2 is 2.32 bits per heavy atom. The van der Waals surface area contributed by atoms with Crippen LogP contribution >= 0.6 is 11.3 Å². The standard InChI is InChI=1S/C13H13FN2O2S/c1-8-2-4-11(10(14)6-8)16-13-15-9(7-19-13)3-5-12(17)18/h2,4,6-7H,3,5H2,1H3,(H,15,16)(H,17,18). The summed E-state index contributed by atoms with van der Waals surface area (Å²) in [6, 6.07) is 4.91. The number of aryl methyl sites for hydroxylation is 2. The van der Waals surface area contributed by atoms with Crippen molar-refractivity contribution in [1.82, 2.24) is 4.98 Å². The average molecular weight is 280 g/mol. The van der Waals surface area contributed by atoms with E-state index in [1.54, 1.807) is 11.4 Å². The van der Waals surface area contributed by atoms with E-state index >= 15 is 0 Å². The van der Waals surface area contributed by atoms with Crippen LogP contribution in [0.1, 0.15) is 17.7 Å². The Balaban J connectivity index is 2.05. The summed E-state index contributed by atoms with van der Waals surface area (Å²) < 4.78 is 13.6. The summed E-state index contributed by atoms with van der Waals surface area (Å²) in [6.45, 7) is 1.82. The molecule has 2 aromatic rings. The van der Waals surface area contributed by atoms with Gasteiger partial charge in [0.1, 0.15) is 5.82 Å². The normalized spacial score (nSPS) is 10.4. The molecule has 19 heavy (non-hydrogen) atoms. The smallest absolute Gasteiger partial charge is 0.303 e. The maximum absolute atomic E-state index is 13.6. The van der Waals surface area contributed by atoms with Crippen molar-refractivity contribution in [1.29, 1.82) is 0 Å². The first kappa shape index (κ1) is 13.5. The van der Waals surface area contributed by atoms with Crippen molar-refractivity contribution in [3.8, 4) is 0 Å². The first-order valence-corrected chi connectivity index (χ1v) is 6.62. The lowest BCUT2D eigenvalue weighted by Gasteiger charge is -2.04. The predicted octanol–water partition coefficient (Wildman–Crippen LogP) is 3.35. The van der Waals surface area contributed by atoms with Crippen molar-refractivity contribution in [2.45, 2.75) is 19.8 Å². The number of nitrogens with zero attached hydrogens (tertiary/aromatic N) is 1. The number of carboxylic acids is 1. The second-order valence-electron chi connectivity index (χ2n) is 4.15. The second kappa shape index (κ2) is 5.79. The van der Waals surface area contributed by atoms with E-state index in [0.717, 1.165) is 5.56 Å². The van der Waals surface area contributed by atoms with Crippen molar-refractivity contribution < 1.29 is 14.3 Å². The van der Waals surface area contributed by atoms with Crippen LogP contribution in [0.3, 0.4) is 0 Å². The molecule has 1 heterocycles. The summed E-state index contributed by atoms with van der Waals surface area (Å²) in [5, 5.41) is 13.8. The van der Waals surface area contributed by atoms with Gasteiger partial charge in [-0.3, -0.25) is 4.79 Å². The fourth-order valence-corrected chi connectivity index (χ4v) is 2.31. The third-order valence-electron chi connectivity index (χ3n) is 2.51. The SMILES string of the molecule is Cc1ccc(Nc2nc(CCC(=O)O)cs2)c(F)c1. The molecule has 4 nitrogen and oxygen atoms in total. The van der Waals surface area contributed by atoms with Gasteiger partial charge < -0.3 is 10.4 Å². The number of rotatable bonds is 5. The fraction of sp³-hybridized carbons (Fsp3) is 0.231. The van der Waals surface area contributed by atoms with Gasteiger partial charge in [0.25, 0.3) is 0 Å². The minimum atomic E-state index is -0.855. The van der Waals surface area contributed by atoms with Crippen LogP contribution in [0.2, 0.25) is 0 Å². The van der Waals surface area contributed by atoms with E-state index in [-0.39, 0.29) is 12.2 Å². The average Bonchev–Trinajstić information content (AvgIpc) is 2.78. The summed E-state index contributed by atoms with van der Waals surface area (Å²) in [5.41, 5.74) is 1.91. The Morgan fingerprint density at radius 3 is 3.00 bits per heavy atom. The number of anilines is 2. The summed E-state index contributed by atoms with van der Waals surface area (Å²) in [5.74, 6) is -1.19. The van der Waals surface area contributed by atoms with Crippen LogP contribution in [0, 0.1) is 12.7 Å². The van der Waals surface area contributed by atoms with Gasteiger partial charge >= 0.3 is 5.97 Å². The highest BCUT2D eigenvalue weighted by atomic mass is 32.1. The molecule has 1 aromatic carbocycles. The van der Waals surface area contributed by atoms with Crippen molar-refractivity contribution in [2.75, 3.05) is 5.32 Å². The number of aliphatic carboxylic acids is 1. The molecule has 0 bridgehead atoms. The number of carboxylic acid groups (broad SMARTS) is 1. The molecule has 0 radical (unpaired) electrons. The molecule has 1 aromatic heterocycles. The van der Waals surface area contributed by atoms with Gasteiger partial charge in [-0.05, 0) is 24.6 Å². The molecule has 6 heteroatoms. The van der Waals surface area contributed by atoms with Crippen LogP contribution in [0.4, 0.5) is 15.2 Å². The van der Waals surface area contributed by atoms with Crippen LogP contribution in [0.25, 0.3) is 0 Å². The lowest BCUT2D eigenvalue weighted by Crippen LogP contribution is -1.98. The van der Waals surface area contributed by atoms with Crippen LogP contribution in [-0.2, 0) is 11.2 Å². The maximum atomic E-state index is 13.6. The zero-order chi connectivity index (χ0) is 13.8. The van der Waals surface area contributed by atoms with Gasteiger partial charge in [0.05, 0.1) is 17.8 Å². The number of nitrogens with one attached hydrogen (secondary N) is 1. The van der Waals surface area contributed by atoms with Crippen LogP contribution < -0.4 is 5.32 Å². The highest BCUT2D eigenvalue weighted by molar-refractivity contribution is 7.13. The van der Waals surface area contributed by atoms with Gasteiger partial charge in [0.15, 0.2) is 5.13 Å². The summed E-state index contributed by atoms with van der Waals surface area (Å²) >= 11 is 1.33. The van der Waals surface area contributed by atoms with Gasteiger partial charge in [-0.15, -0.1) is 11.3 Å². The molecule has 0 aliphatic carbocycles. The quantitative estimate of drug-likeness (QED) is 0.881. The second-order valence-corrected chi connectivity index (χ2v) is 5.00. The first-order valence-electron chi connectivity index (χ1n) is 5.74. The van der Waals surface area contributed by atoms with E-state index in [4.69, 9.17) is 5.11 Å². The zero-order valence-electron chi connectivity index (χ0n) is 10.3. The van der Waals surface area contributed by atoms with E-state index in [0.29, 0.717) is 22.9 Å². The van der Waals surface area contributed by atoms with Gasteiger partial charge in [0.2, 0.25) is 0 Å². The predicted molar refractivity (Wildman–Crippen MR) is 72.5 cm³/mol. The molecule has 0 unspecified atom stereocenters. The van der Waals surface area contributed by atoms with E-state index in [1.807, 2.05) is 13.0 Å². The zero-order valence-corrected chi connectivity index (χ0v) is 11.1. The molecule has 2 rings (SSSR count). The third-order valence-corrected chi connectivity index (χ3v) is 3.32. The molecule has 2 N–H and O–H groups in total. The molecule has 0 saturated heterocycles. The highest BCUT2D eigenvalue weighted by Crippen LogP contribution is 2.24. The summed E-state index contributed by atoms with van der Waals surface area (Å²) in [4.78, 5) is 14.7. The van der Waals surface area contributed by atoms with Crippen molar-refractivity contribution >= 4 is 28.1 Å². The Bertz CT molecular complexity index is 598. The topological polar surface area (TPSA) is 62.2 Å². The molecule has 0 aliphatic rings. The summed E-state index contributed by atoms with van der Waals surface area (Å²) in [7, 11) is 0. The Morgan fingerprint density at radius 1 is 1.53 bits per heavy atom. The van der Waals surface area contributed by atoms with Gasteiger partial charge in [-0.1, -0.05) is 6.07 Å². The number of hydrogen-bond donors (Lipinski definition) is 2. The van der Waals surface area contributed by atoms with Crippen molar-refractivity contribution in [3.63, 3.8) is 0 Å². The van der Waals surface area contributed by atoms with Crippen LogP contribution in [-0.4, -0.2) is 16.1 Å². The number of thiazole rings is 1. The minimum Gasteiger partial charge on any atom is -0.481 e. The highest BCUT2D eigenvalue weighted by Gasteiger charge is 2.07. The first-order chi connectivity index (χ1) is 9.04. The van der Waals surface area contributed by atoms with Crippen LogP contribution in [0.15, 0.2) is 23.6 Å². The van der Waals surface area contributed by atoms with Crippen molar-refractivity contribution in [2.24, 2.45) is 0 Å². The summed E-state index contributed by atoms with van der Waals surface area (Å²) in [6.07, 6.45) is 0.423. The number of hydrogen-bond acceptors (Lipinski definition) is 4. The molecule has 0 fully saturated rings. The van der Waals surface area contributed by atoms with Gasteiger partial charge in [-0.2, -0.15) is 0 Å². The van der Waals surface area contributed by atoms with E-state index in [2.05, 4.69) is 10.3 Å². The molecule has 0 aliphatic heterocycles. The number of aromatic nitrogens is 1. The number of benzene rings is 1. The molecule has 0 spiro atoms. The molecule has 0 saturated carbocycles. The molecule has 100 valence electrons. The van der Waals surface area contributed by atoms with Gasteiger partial charge in [-0.25, -0.2) is 9.37 Å². The minimum absolute atomic E-state index is 0.0437. The van der Waals surface area contributed by atoms with Crippen molar-refractivity contribution in [3.05, 3.63) is 40.7 Å². The maximum Gasteiger partial charge on any atom is 0.303 e. The Kier molecular flexibility index (Phi) is 4.11. The lowest BCUT2D eigenvalue weighted by atomic mass is 10.2.